The monoisotopic (exact) mass is 359 g/mol. The van der Waals surface area contributed by atoms with Crippen LogP contribution in [0.4, 0.5) is 5.13 Å². The molecule has 134 valence electrons. The zero-order valence-electron chi connectivity index (χ0n) is 14.7. The summed E-state index contributed by atoms with van der Waals surface area (Å²) in [5.74, 6) is 0. The lowest BCUT2D eigenvalue weighted by Gasteiger charge is -2.43. The average molecular weight is 359 g/mol. The van der Waals surface area contributed by atoms with Crippen molar-refractivity contribution in [3.05, 3.63) is 35.1 Å². The van der Waals surface area contributed by atoms with Crippen LogP contribution in [0.25, 0.3) is 0 Å². The molecule has 4 rings (SSSR count). The molecule has 0 amide bonds. The maximum absolute atomic E-state index is 6.01. The zero-order valence-corrected chi connectivity index (χ0v) is 15.5. The van der Waals surface area contributed by atoms with Crippen molar-refractivity contribution in [3.63, 3.8) is 0 Å². The van der Waals surface area contributed by atoms with Gasteiger partial charge in [0.15, 0.2) is 0 Å². The van der Waals surface area contributed by atoms with Crippen LogP contribution in [-0.2, 0) is 11.3 Å². The molecule has 2 aliphatic heterocycles. The lowest BCUT2D eigenvalue weighted by molar-refractivity contribution is 0.0103. The Labute approximate surface area is 152 Å². The molecule has 2 aromatic rings. The summed E-state index contributed by atoms with van der Waals surface area (Å²) >= 11 is 1.62. The summed E-state index contributed by atoms with van der Waals surface area (Å²) in [5, 5.41) is 9.30. The predicted molar refractivity (Wildman–Crippen MR) is 98.9 cm³/mol. The molecule has 2 fully saturated rings. The number of likely N-dealkylation sites (tertiary alicyclic amines) is 1. The first-order chi connectivity index (χ1) is 12.2. The van der Waals surface area contributed by atoms with E-state index < -0.39 is 0 Å². The molecule has 1 atom stereocenters. The van der Waals surface area contributed by atoms with Crippen LogP contribution >= 0.6 is 11.3 Å². The van der Waals surface area contributed by atoms with E-state index in [1.807, 2.05) is 5.51 Å². The van der Waals surface area contributed by atoms with E-state index in [-0.39, 0.29) is 5.41 Å². The average Bonchev–Trinajstić information content (AvgIpc) is 3.06. The summed E-state index contributed by atoms with van der Waals surface area (Å²) in [7, 11) is 0. The van der Waals surface area contributed by atoms with Gasteiger partial charge in [0.25, 0.3) is 0 Å². The molecule has 2 saturated heterocycles. The maximum Gasteiger partial charge on any atom is 0.208 e. The van der Waals surface area contributed by atoms with Crippen LogP contribution < -0.4 is 4.90 Å². The molecule has 7 heteroatoms. The van der Waals surface area contributed by atoms with E-state index in [1.54, 1.807) is 11.3 Å². The Morgan fingerprint density at radius 3 is 3.08 bits per heavy atom. The molecule has 6 nitrogen and oxygen atoms in total. The van der Waals surface area contributed by atoms with E-state index in [2.05, 4.69) is 50.1 Å². The van der Waals surface area contributed by atoms with Gasteiger partial charge in [0, 0.05) is 37.3 Å². The van der Waals surface area contributed by atoms with Gasteiger partial charge in [-0.3, -0.25) is 9.88 Å². The molecule has 0 radical (unpaired) electrons. The summed E-state index contributed by atoms with van der Waals surface area (Å²) in [6.45, 7) is 8.66. The molecule has 1 unspecified atom stereocenters. The molecule has 0 aromatic carbocycles. The predicted octanol–water partition coefficient (Wildman–Crippen LogP) is 2.36. The smallest absolute Gasteiger partial charge is 0.208 e. The van der Waals surface area contributed by atoms with Gasteiger partial charge in [-0.25, -0.2) is 0 Å². The number of hydrogen-bond acceptors (Lipinski definition) is 7. The van der Waals surface area contributed by atoms with Crippen LogP contribution in [0, 0.1) is 12.3 Å². The summed E-state index contributed by atoms with van der Waals surface area (Å²) in [6, 6.07) is 6.29. The molecule has 0 saturated carbocycles. The Kier molecular flexibility index (Phi) is 4.96. The zero-order chi connectivity index (χ0) is 17.1. The first kappa shape index (κ1) is 16.9. The largest absolute Gasteiger partial charge is 0.379 e. The van der Waals surface area contributed by atoms with Crippen molar-refractivity contribution in [3.8, 4) is 0 Å². The van der Waals surface area contributed by atoms with E-state index in [9.17, 15) is 0 Å². The Morgan fingerprint density at radius 1 is 1.28 bits per heavy atom. The van der Waals surface area contributed by atoms with Crippen LogP contribution in [0.3, 0.4) is 0 Å². The van der Waals surface area contributed by atoms with Gasteiger partial charge in [-0.1, -0.05) is 17.4 Å². The first-order valence-corrected chi connectivity index (χ1v) is 9.84. The first-order valence-electron chi connectivity index (χ1n) is 8.96. The van der Waals surface area contributed by atoms with E-state index in [0.29, 0.717) is 0 Å². The minimum atomic E-state index is 0.171. The Balaban J connectivity index is 1.48. The highest BCUT2D eigenvalue weighted by molar-refractivity contribution is 7.13. The molecule has 2 aliphatic rings. The van der Waals surface area contributed by atoms with Gasteiger partial charge in [-0.05, 0) is 38.4 Å². The molecule has 1 spiro atoms. The Hall–Kier alpha value is -1.57. The van der Waals surface area contributed by atoms with Gasteiger partial charge < -0.3 is 9.64 Å². The number of anilines is 1. The third-order valence-corrected chi connectivity index (χ3v) is 5.88. The van der Waals surface area contributed by atoms with Crippen molar-refractivity contribution in [2.24, 2.45) is 5.41 Å². The fraction of sp³-hybridized carbons (Fsp3) is 0.611. The van der Waals surface area contributed by atoms with Gasteiger partial charge in [-0.15, -0.1) is 10.2 Å². The third kappa shape index (κ3) is 3.99. The van der Waals surface area contributed by atoms with Crippen LogP contribution in [-0.4, -0.2) is 59.5 Å². The van der Waals surface area contributed by atoms with Crippen LogP contribution in [0.15, 0.2) is 23.7 Å². The molecule has 2 aromatic heterocycles. The van der Waals surface area contributed by atoms with Gasteiger partial charge in [0.1, 0.15) is 5.51 Å². The van der Waals surface area contributed by atoms with Crippen molar-refractivity contribution in [1.29, 1.82) is 0 Å². The quantitative estimate of drug-likeness (QED) is 0.839. The number of piperidine rings is 1. The summed E-state index contributed by atoms with van der Waals surface area (Å²) in [4.78, 5) is 9.58. The molecule has 4 heterocycles. The second-order valence-corrected chi connectivity index (χ2v) is 8.09. The van der Waals surface area contributed by atoms with Gasteiger partial charge in [-0.2, -0.15) is 0 Å². The standard InChI is InChI=1S/C18H25N5OS/c1-15-4-2-5-16(20-15)10-22-7-3-6-18(11-22)12-23(8-9-24-13-18)17-21-19-14-25-17/h2,4-5,14H,3,6-13H2,1H3. The minimum Gasteiger partial charge on any atom is -0.379 e. The fourth-order valence-electron chi connectivity index (χ4n) is 4.07. The van der Waals surface area contributed by atoms with Crippen LogP contribution in [0.2, 0.25) is 0 Å². The number of hydrogen-bond donors (Lipinski definition) is 0. The second-order valence-electron chi connectivity index (χ2n) is 7.28. The normalized spacial score (nSPS) is 25.2. The minimum absolute atomic E-state index is 0.171. The number of pyridine rings is 1. The molecular weight excluding hydrogens is 334 g/mol. The number of nitrogens with zero attached hydrogens (tertiary/aromatic N) is 5. The highest BCUT2D eigenvalue weighted by atomic mass is 32.1. The number of ether oxygens (including phenoxy) is 1. The van der Waals surface area contributed by atoms with Crippen molar-refractivity contribution in [1.82, 2.24) is 20.1 Å². The lowest BCUT2D eigenvalue weighted by atomic mass is 9.80. The molecule has 0 N–H and O–H groups in total. The number of aryl methyl sites for hydroxylation is 1. The fourth-order valence-corrected chi connectivity index (χ4v) is 4.66. The third-order valence-electron chi connectivity index (χ3n) is 5.13. The van der Waals surface area contributed by atoms with Crippen LogP contribution in [0.5, 0.6) is 0 Å². The van der Waals surface area contributed by atoms with Crippen molar-refractivity contribution in [2.45, 2.75) is 26.3 Å². The Morgan fingerprint density at radius 2 is 2.24 bits per heavy atom. The highest BCUT2D eigenvalue weighted by Gasteiger charge is 2.39. The Bertz CT molecular complexity index is 695. The topological polar surface area (TPSA) is 54.4 Å². The molecule has 0 bridgehead atoms. The second kappa shape index (κ2) is 7.35. The van der Waals surface area contributed by atoms with Gasteiger partial charge >= 0.3 is 0 Å². The van der Waals surface area contributed by atoms with E-state index in [4.69, 9.17) is 4.74 Å². The molecular formula is C18H25N5OS. The van der Waals surface area contributed by atoms with E-state index in [1.165, 1.54) is 12.8 Å². The highest BCUT2D eigenvalue weighted by Crippen LogP contribution is 2.35. The van der Waals surface area contributed by atoms with Crippen molar-refractivity contribution in [2.75, 3.05) is 44.3 Å². The van der Waals surface area contributed by atoms with Gasteiger partial charge in [0.05, 0.1) is 18.9 Å². The summed E-state index contributed by atoms with van der Waals surface area (Å²) in [5.41, 5.74) is 4.23. The van der Waals surface area contributed by atoms with Gasteiger partial charge in [0.2, 0.25) is 5.13 Å². The van der Waals surface area contributed by atoms with Crippen molar-refractivity contribution < 1.29 is 4.74 Å². The maximum atomic E-state index is 6.01. The molecule has 25 heavy (non-hydrogen) atoms. The number of aromatic nitrogens is 3. The lowest BCUT2D eigenvalue weighted by Crippen LogP contribution is -2.50. The van der Waals surface area contributed by atoms with Crippen molar-refractivity contribution >= 4 is 16.5 Å². The van der Waals surface area contributed by atoms with Crippen LogP contribution in [0.1, 0.15) is 24.2 Å². The number of rotatable bonds is 3. The summed E-state index contributed by atoms with van der Waals surface area (Å²) < 4.78 is 6.01. The summed E-state index contributed by atoms with van der Waals surface area (Å²) in [6.07, 6.45) is 2.42. The van der Waals surface area contributed by atoms with E-state index in [0.717, 1.165) is 62.5 Å². The molecule has 0 aliphatic carbocycles. The van der Waals surface area contributed by atoms with E-state index >= 15 is 0 Å². The SMILES string of the molecule is Cc1cccc(CN2CCCC3(COCCN(c4nncs4)C3)C2)n1.